The van der Waals surface area contributed by atoms with Crippen LogP contribution in [0.3, 0.4) is 0 Å². The van der Waals surface area contributed by atoms with Crippen LogP contribution in [-0.2, 0) is 9.53 Å². The first kappa shape index (κ1) is 28.2. The van der Waals surface area contributed by atoms with Crippen LogP contribution in [0.15, 0.2) is 12.7 Å². The molecule has 4 rings (SSSR count). The van der Waals surface area contributed by atoms with Crippen LogP contribution in [-0.4, -0.2) is 35.6 Å². The molecule has 4 fully saturated rings. The van der Waals surface area contributed by atoms with Gasteiger partial charge in [0.1, 0.15) is 0 Å². The lowest BCUT2D eigenvalue weighted by atomic mass is 9.69. The number of hydrogen-bond donors (Lipinski definition) is 0. The van der Waals surface area contributed by atoms with Crippen LogP contribution in [0.5, 0.6) is 0 Å². The maximum absolute atomic E-state index is 11.3. The Morgan fingerprint density at radius 3 is 1.64 bits per heavy atom. The minimum Gasteiger partial charge on any atom is -0.463 e. The highest BCUT2D eigenvalue weighted by Crippen LogP contribution is 2.45. The largest absolute Gasteiger partial charge is 0.463 e. The monoisotopic (exact) mass is 499 g/mol. The quantitative estimate of drug-likeness (QED) is 0.248. The minimum absolute atomic E-state index is 0.274. The predicted molar refractivity (Wildman–Crippen MR) is 151 cm³/mol. The Morgan fingerprint density at radius 1 is 0.694 bits per heavy atom. The summed E-state index contributed by atoms with van der Waals surface area (Å²) in [7, 11) is 0. The van der Waals surface area contributed by atoms with E-state index in [4.69, 9.17) is 4.74 Å². The fraction of sp³-hybridized carbons (Fsp3) is 0.909. The average molecular weight is 500 g/mol. The lowest BCUT2D eigenvalue weighted by molar-refractivity contribution is -0.138. The van der Waals surface area contributed by atoms with E-state index in [1.54, 1.807) is 0 Å². The highest BCUT2D eigenvalue weighted by atomic mass is 16.5. The molecule has 0 aromatic heterocycles. The van der Waals surface area contributed by atoms with Crippen molar-refractivity contribution in [3.8, 4) is 0 Å². The Balaban J connectivity index is 1.29. The second-order valence-corrected chi connectivity index (χ2v) is 13.8. The van der Waals surface area contributed by atoms with E-state index in [2.05, 4.69) is 39.2 Å². The molecule has 0 radical (unpaired) electrons. The summed E-state index contributed by atoms with van der Waals surface area (Å²) in [6.45, 7) is 14.1. The highest BCUT2D eigenvalue weighted by Gasteiger charge is 2.41. The number of nitrogens with zero attached hydrogens (tertiary/aromatic N) is 1. The Kier molecular flexibility index (Phi) is 10.4. The predicted octanol–water partition coefficient (Wildman–Crippen LogP) is 8.42. The van der Waals surface area contributed by atoms with Crippen LogP contribution in [0.4, 0.5) is 0 Å². The van der Waals surface area contributed by atoms with E-state index < -0.39 is 0 Å². The summed E-state index contributed by atoms with van der Waals surface area (Å²) in [6.07, 6.45) is 22.2. The number of esters is 1. The molecule has 0 amide bonds. The molecule has 4 aliphatic rings. The van der Waals surface area contributed by atoms with E-state index in [1.165, 1.54) is 96.0 Å². The van der Waals surface area contributed by atoms with Gasteiger partial charge in [-0.05, 0) is 125 Å². The number of carbonyl (C=O) groups excluding carboxylic acids is 1. The van der Waals surface area contributed by atoms with E-state index in [-0.39, 0.29) is 5.97 Å². The van der Waals surface area contributed by atoms with Crippen LogP contribution in [0.25, 0.3) is 0 Å². The summed E-state index contributed by atoms with van der Waals surface area (Å²) in [5.74, 6) is 5.97. The van der Waals surface area contributed by atoms with Gasteiger partial charge in [-0.25, -0.2) is 4.79 Å². The first-order valence-corrected chi connectivity index (χ1v) is 15.9. The topological polar surface area (TPSA) is 29.5 Å². The highest BCUT2D eigenvalue weighted by molar-refractivity contribution is 5.81. The molecular weight excluding hydrogens is 442 g/mol. The van der Waals surface area contributed by atoms with Gasteiger partial charge < -0.3 is 4.74 Å². The third-order valence-electron chi connectivity index (χ3n) is 11.6. The average Bonchev–Trinajstić information content (AvgIpc) is 2.89. The Labute approximate surface area is 223 Å². The first-order chi connectivity index (χ1) is 17.4. The standard InChI is InChI=1S/C33H57NO2/c1-6-33(35)36-20-19-27-9-11-28(12-10-27)29-13-17-30(18-14-29)34(31-15-7-23(2)25(4)21-31)32-16-8-24(3)26(5)22-32/h6,23-32H,1,7-22H2,2-5H3. The van der Waals surface area contributed by atoms with Gasteiger partial charge in [0, 0.05) is 24.2 Å². The van der Waals surface area contributed by atoms with Gasteiger partial charge in [-0.2, -0.15) is 0 Å². The number of carbonyl (C=O) groups is 1. The maximum Gasteiger partial charge on any atom is 0.330 e. The van der Waals surface area contributed by atoms with E-state index in [9.17, 15) is 4.79 Å². The van der Waals surface area contributed by atoms with Gasteiger partial charge in [0.2, 0.25) is 0 Å². The molecule has 0 spiro atoms. The molecule has 0 heterocycles. The van der Waals surface area contributed by atoms with Gasteiger partial charge in [-0.1, -0.05) is 47.1 Å². The van der Waals surface area contributed by atoms with Crippen molar-refractivity contribution in [2.45, 2.75) is 142 Å². The normalized spacial score (nSPS) is 42.1. The molecule has 6 atom stereocenters. The maximum atomic E-state index is 11.3. The summed E-state index contributed by atoms with van der Waals surface area (Å²) >= 11 is 0. The van der Waals surface area contributed by atoms with E-state index in [0.29, 0.717) is 6.61 Å². The molecule has 0 saturated heterocycles. The fourth-order valence-electron chi connectivity index (χ4n) is 8.68. The van der Waals surface area contributed by atoms with Crippen LogP contribution in [0, 0.1) is 41.4 Å². The molecule has 4 aliphatic carbocycles. The summed E-state index contributed by atoms with van der Waals surface area (Å²) < 4.78 is 5.23. The van der Waals surface area contributed by atoms with Gasteiger partial charge in [0.15, 0.2) is 0 Å². The van der Waals surface area contributed by atoms with Crippen molar-refractivity contribution >= 4 is 5.97 Å². The second kappa shape index (κ2) is 13.3. The van der Waals surface area contributed by atoms with Gasteiger partial charge in [-0.3, -0.25) is 4.90 Å². The molecule has 206 valence electrons. The fourth-order valence-corrected chi connectivity index (χ4v) is 8.68. The van der Waals surface area contributed by atoms with Crippen molar-refractivity contribution < 1.29 is 9.53 Å². The Morgan fingerprint density at radius 2 is 1.17 bits per heavy atom. The SMILES string of the molecule is C=CC(=O)OCCC1CCC(C2CCC(N(C3CCC(C)C(C)C3)C3CCC(C)C(C)C3)CC2)CC1. The van der Waals surface area contributed by atoms with Crippen molar-refractivity contribution in [2.24, 2.45) is 41.4 Å². The molecular formula is C33H57NO2. The van der Waals surface area contributed by atoms with Crippen LogP contribution in [0.2, 0.25) is 0 Å². The van der Waals surface area contributed by atoms with Gasteiger partial charge in [0.25, 0.3) is 0 Å². The second-order valence-electron chi connectivity index (χ2n) is 13.8. The molecule has 0 aromatic carbocycles. The Hall–Kier alpha value is -0.830. The summed E-state index contributed by atoms with van der Waals surface area (Å²) in [5, 5.41) is 0. The molecule has 3 nitrogen and oxygen atoms in total. The lowest BCUT2D eigenvalue weighted by Crippen LogP contribution is -2.54. The lowest BCUT2D eigenvalue weighted by Gasteiger charge is -2.51. The zero-order valence-corrected chi connectivity index (χ0v) is 24.1. The van der Waals surface area contributed by atoms with Crippen LogP contribution in [0.1, 0.15) is 124 Å². The van der Waals surface area contributed by atoms with E-state index >= 15 is 0 Å². The summed E-state index contributed by atoms with van der Waals surface area (Å²) in [5.41, 5.74) is 0. The minimum atomic E-state index is -0.274. The third kappa shape index (κ3) is 7.17. The zero-order valence-electron chi connectivity index (χ0n) is 24.1. The van der Waals surface area contributed by atoms with Gasteiger partial charge >= 0.3 is 5.97 Å². The third-order valence-corrected chi connectivity index (χ3v) is 11.6. The molecule has 3 heteroatoms. The number of ether oxygens (including phenoxy) is 1. The van der Waals surface area contributed by atoms with Gasteiger partial charge in [0.05, 0.1) is 6.61 Å². The van der Waals surface area contributed by atoms with Crippen LogP contribution >= 0.6 is 0 Å². The van der Waals surface area contributed by atoms with Crippen molar-refractivity contribution in [1.29, 1.82) is 0 Å². The van der Waals surface area contributed by atoms with Crippen molar-refractivity contribution in [2.75, 3.05) is 6.61 Å². The van der Waals surface area contributed by atoms with Crippen molar-refractivity contribution in [1.82, 2.24) is 4.90 Å². The molecule has 0 aromatic rings. The molecule has 0 N–H and O–H groups in total. The Bertz CT molecular complexity index is 664. The smallest absolute Gasteiger partial charge is 0.330 e. The van der Waals surface area contributed by atoms with Crippen molar-refractivity contribution in [3.63, 3.8) is 0 Å². The van der Waals surface area contributed by atoms with E-state index in [1.807, 2.05) is 0 Å². The first-order valence-electron chi connectivity index (χ1n) is 15.9. The van der Waals surface area contributed by atoms with Crippen LogP contribution < -0.4 is 0 Å². The molecule has 36 heavy (non-hydrogen) atoms. The van der Waals surface area contributed by atoms with Gasteiger partial charge in [-0.15, -0.1) is 0 Å². The number of hydrogen-bond acceptors (Lipinski definition) is 3. The van der Waals surface area contributed by atoms with E-state index in [0.717, 1.165) is 66.0 Å². The summed E-state index contributed by atoms with van der Waals surface area (Å²) in [4.78, 5) is 14.5. The number of rotatable bonds is 8. The molecule has 6 unspecified atom stereocenters. The zero-order chi connectivity index (χ0) is 25.7. The molecule has 4 saturated carbocycles. The molecule has 0 aliphatic heterocycles. The summed E-state index contributed by atoms with van der Waals surface area (Å²) in [6, 6.07) is 2.52. The molecule has 0 bridgehead atoms. The van der Waals surface area contributed by atoms with Crippen molar-refractivity contribution in [3.05, 3.63) is 12.7 Å².